The van der Waals surface area contributed by atoms with Gasteiger partial charge >= 0.3 is 11.7 Å². The number of aromatic nitrogens is 1. The van der Waals surface area contributed by atoms with E-state index in [1.807, 2.05) is 0 Å². The van der Waals surface area contributed by atoms with Gasteiger partial charge in [0, 0.05) is 18.8 Å². The van der Waals surface area contributed by atoms with E-state index in [1.165, 1.54) is 16.8 Å². The zero-order chi connectivity index (χ0) is 13.0. The molecule has 0 bridgehead atoms. The Kier molecular flexibility index (Phi) is 4.16. The third-order valence-corrected chi connectivity index (χ3v) is 2.36. The lowest BCUT2D eigenvalue weighted by molar-refractivity contribution is -0.386. The number of aliphatic carboxylic acids is 1. The molecule has 90 valence electrons. The lowest BCUT2D eigenvalue weighted by Gasteiger charge is -2.02. The number of rotatable bonds is 4. The van der Waals surface area contributed by atoms with Crippen LogP contribution < -0.4 is 5.43 Å². The van der Waals surface area contributed by atoms with E-state index in [2.05, 4.69) is 15.9 Å². The molecular weight excluding hydrogens is 296 g/mol. The summed E-state index contributed by atoms with van der Waals surface area (Å²) in [6.07, 6.45) is 4.63. The van der Waals surface area contributed by atoms with Gasteiger partial charge in [-0.25, -0.2) is 4.79 Å². The zero-order valence-corrected chi connectivity index (χ0v) is 9.96. The molecule has 17 heavy (non-hydrogen) atoms. The van der Waals surface area contributed by atoms with Crippen LogP contribution in [0.4, 0.5) is 5.69 Å². The van der Waals surface area contributed by atoms with Crippen molar-refractivity contribution in [3.63, 3.8) is 0 Å². The van der Waals surface area contributed by atoms with E-state index in [-0.39, 0.29) is 11.0 Å². The first-order valence-electron chi connectivity index (χ1n) is 4.35. The number of allylic oxidation sites excluding steroid dienone is 1. The van der Waals surface area contributed by atoms with Gasteiger partial charge in [0.1, 0.15) is 0 Å². The van der Waals surface area contributed by atoms with Gasteiger partial charge in [-0.15, -0.1) is 0 Å². The van der Waals surface area contributed by atoms with Crippen LogP contribution in [-0.2, 0) is 11.3 Å². The van der Waals surface area contributed by atoms with E-state index in [4.69, 9.17) is 5.11 Å². The fourth-order valence-corrected chi connectivity index (χ4v) is 1.56. The minimum Gasteiger partial charge on any atom is -0.478 e. The Balaban J connectivity index is 3.07. The smallest absolute Gasteiger partial charge is 0.333 e. The SMILES string of the molecule is O=C(O)/C=C/Cn1cc(Br)c(=O)c([N+](=O)[O-])c1. The maximum atomic E-state index is 11.3. The van der Waals surface area contributed by atoms with Gasteiger partial charge in [0.25, 0.3) is 5.43 Å². The summed E-state index contributed by atoms with van der Waals surface area (Å²) < 4.78 is 1.39. The van der Waals surface area contributed by atoms with Gasteiger partial charge in [-0.3, -0.25) is 14.9 Å². The Morgan fingerprint density at radius 2 is 2.24 bits per heavy atom. The van der Waals surface area contributed by atoms with Crippen molar-refractivity contribution in [2.24, 2.45) is 0 Å². The van der Waals surface area contributed by atoms with Gasteiger partial charge in [0.2, 0.25) is 0 Å². The summed E-state index contributed by atoms with van der Waals surface area (Å²) in [7, 11) is 0. The van der Waals surface area contributed by atoms with Gasteiger partial charge in [-0.05, 0) is 15.9 Å². The van der Waals surface area contributed by atoms with Crippen LogP contribution in [0.15, 0.2) is 33.8 Å². The molecule has 0 aliphatic rings. The van der Waals surface area contributed by atoms with Crippen LogP contribution in [0.3, 0.4) is 0 Å². The van der Waals surface area contributed by atoms with Gasteiger partial charge in [-0.1, -0.05) is 6.08 Å². The van der Waals surface area contributed by atoms with E-state index in [9.17, 15) is 19.7 Å². The topological polar surface area (TPSA) is 102 Å². The molecule has 0 saturated carbocycles. The Hall–Kier alpha value is -1.96. The zero-order valence-electron chi connectivity index (χ0n) is 8.37. The molecule has 0 aliphatic heterocycles. The normalized spacial score (nSPS) is 10.6. The lowest BCUT2D eigenvalue weighted by atomic mass is 10.4. The Morgan fingerprint density at radius 1 is 1.59 bits per heavy atom. The quantitative estimate of drug-likeness (QED) is 0.511. The Bertz CT molecular complexity index is 549. The molecule has 1 heterocycles. The predicted molar refractivity (Wildman–Crippen MR) is 61.8 cm³/mol. The summed E-state index contributed by atoms with van der Waals surface area (Å²) in [6.45, 7) is 0.117. The van der Waals surface area contributed by atoms with Gasteiger partial charge in [0.05, 0.1) is 15.6 Å². The third kappa shape index (κ3) is 3.52. The molecule has 8 heteroatoms. The second-order valence-corrected chi connectivity index (χ2v) is 3.87. The molecule has 0 amide bonds. The van der Waals surface area contributed by atoms with Crippen molar-refractivity contribution >= 4 is 27.6 Å². The Morgan fingerprint density at radius 3 is 2.76 bits per heavy atom. The van der Waals surface area contributed by atoms with Crippen molar-refractivity contribution in [3.05, 3.63) is 49.4 Å². The molecule has 1 N–H and O–H groups in total. The van der Waals surface area contributed by atoms with E-state index in [0.29, 0.717) is 0 Å². The van der Waals surface area contributed by atoms with Gasteiger partial charge < -0.3 is 9.67 Å². The number of halogens is 1. The van der Waals surface area contributed by atoms with Crippen LogP contribution in [0.1, 0.15) is 0 Å². The first kappa shape index (κ1) is 13.1. The van der Waals surface area contributed by atoms with E-state index < -0.39 is 22.0 Å². The van der Waals surface area contributed by atoms with Crippen molar-refractivity contribution in [2.45, 2.75) is 6.54 Å². The minimum absolute atomic E-state index is 0.0513. The highest BCUT2D eigenvalue weighted by atomic mass is 79.9. The molecule has 0 aromatic carbocycles. The molecule has 1 aromatic rings. The number of carboxylic acids is 1. The standard InChI is InChI=1S/C9H7BrN2O5/c10-6-4-11(3-1-2-8(13)14)5-7(9(6)15)12(16)17/h1-2,4-5H,3H2,(H,13,14)/b2-1+. The fraction of sp³-hybridized carbons (Fsp3) is 0.111. The molecule has 0 saturated heterocycles. The molecule has 1 rings (SSSR count). The molecule has 0 spiro atoms. The molecule has 0 atom stereocenters. The lowest BCUT2D eigenvalue weighted by Crippen LogP contribution is -2.12. The number of nitro groups is 1. The number of carbonyl (C=O) groups is 1. The largest absolute Gasteiger partial charge is 0.478 e. The van der Waals surface area contributed by atoms with Crippen LogP contribution in [0.25, 0.3) is 0 Å². The average molecular weight is 303 g/mol. The first-order chi connectivity index (χ1) is 7.91. The number of pyridine rings is 1. The molecule has 1 aromatic heterocycles. The summed E-state index contributed by atoms with van der Waals surface area (Å²) >= 11 is 2.91. The van der Waals surface area contributed by atoms with E-state index >= 15 is 0 Å². The number of nitrogens with zero attached hydrogens (tertiary/aromatic N) is 2. The van der Waals surface area contributed by atoms with E-state index in [1.54, 1.807) is 0 Å². The first-order valence-corrected chi connectivity index (χ1v) is 5.14. The maximum absolute atomic E-state index is 11.3. The molecule has 0 unspecified atom stereocenters. The predicted octanol–water partition coefficient (Wildman–Crippen LogP) is 1.16. The van der Waals surface area contributed by atoms with Gasteiger partial charge in [0.15, 0.2) is 0 Å². The summed E-state index contributed by atoms with van der Waals surface area (Å²) in [6, 6.07) is 0. The third-order valence-electron chi connectivity index (χ3n) is 1.79. The molecular formula is C9H7BrN2O5. The highest BCUT2D eigenvalue weighted by molar-refractivity contribution is 9.10. The van der Waals surface area contributed by atoms with Crippen LogP contribution in [0.2, 0.25) is 0 Å². The minimum atomic E-state index is -1.11. The van der Waals surface area contributed by atoms with Crippen molar-refractivity contribution < 1.29 is 14.8 Å². The van der Waals surface area contributed by atoms with Crippen molar-refractivity contribution in [2.75, 3.05) is 0 Å². The molecule has 0 radical (unpaired) electrons. The van der Waals surface area contributed by atoms with Crippen LogP contribution in [0, 0.1) is 10.1 Å². The summed E-state index contributed by atoms with van der Waals surface area (Å²) in [5.41, 5.74) is -1.28. The van der Waals surface area contributed by atoms with Crippen LogP contribution in [-0.4, -0.2) is 20.6 Å². The average Bonchev–Trinajstić information content (AvgIpc) is 2.22. The highest BCUT2D eigenvalue weighted by Crippen LogP contribution is 2.10. The maximum Gasteiger partial charge on any atom is 0.333 e. The second-order valence-electron chi connectivity index (χ2n) is 3.02. The number of hydrogen-bond donors (Lipinski definition) is 1. The summed E-state index contributed by atoms with van der Waals surface area (Å²) in [5.74, 6) is -1.11. The fourth-order valence-electron chi connectivity index (χ4n) is 1.09. The molecule has 0 aliphatic carbocycles. The summed E-state index contributed by atoms with van der Waals surface area (Å²) in [4.78, 5) is 31.3. The summed E-state index contributed by atoms with van der Waals surface area (Å²) in [5, 5.41) is 18.9. The highest BCUT2D eigenvalue weighted by Gasteiger charge is 2.15. The van der Waals surface area contributed by atoms with Crippen molar-refractivity contribution in [1.29, 1.82) is 0 Å². The van der Waals surface area contributed by atoms with Crippen LogP contribution in [0.5, 0.6) is 0 Å². The Labute approximate surface area is 103 Å². The van der Waals surface area contributed by atoms with Crippen LogP contribution >= 0.6 is 15.9 Å². The van der Waals surface area contributed by atoms with Gasteiger partial charge in [-0.2, -0.15) is 0 Å². The van der Waals surface area contributed by atoms with Crippen molar-refractivity contribution in [1.82, 2.24) is 4.57 Å². The number of carboxylic acid groups (broad SMARTS) is 1. The van der Waals surface area contributed by atoms with E-state index in [0.717, 1.165) is 12.3 Å². The number of hydrogen-bond acceptors (Lipinski definition) is 4. The molecule has 7 nitrogen and oxygen atoms in total. The molecule has 0 fully saturated rings. The van der Waals surface area contributed by atoms with Crippen molar-refractivity contribution in [3.8, 4) is 0 Å². The monoisotopic (exact) mass is 302 g/mol. The second kappa shape index (κ2) is 5.39.